The summed E-state index contributed by atoms with van der Waals surface area (Å²) >= 11 is 0. The highest BCUT2D eigenvalue weighted by Gasteiger charge is 2.19. The van der Waals surface area contributed by atoms with E-state index in [9.17, 15) is 4.79 Å². The van der Waals surface area contributed by atoms with E-state index in [1.165, 1.54) is 5.56 Å². The van der Waals surface area contributed by atoms with Crippen LogP contribution >= 0.6 is 0 Å². The second-order valence-corrected chi connectivity index (χ2v) is 4.63. The molecule has 0 saturated carbocycles. The number of hydrogen-bond acceptors (Lipinski definition) is 3. The van der Waals surface area contributed by atoms with E-state index in [4.69, 9.17) is 9.47 Å². The van der Waals surface area contributed by atoms with Crippen molar-refractivity contribution in [3.8, 4) is 11.5 Å². The first-order valence-electron chi connectivity index (χ1n) is 6.06. The summed E-state index contributed by atoms with van der Waals surface area (Å²) in [5, 5.41) is 0. The van der Waals surface area contributed by atoms with Gasteiger partial charge in [0.05, 0.1) is 0 Å². The summed E-state index contributed by atoms with van der Waals surface area (Å²) in [6.45, 7) is 6.59. The van der Waals surface area contributed by atoms with E-state index in [2.05, 4.69) is 26.8 Å². The Kier molecular flexibility index (Phi) is 3.36. The van der Waals surface area contributed by atoms with E-state index >= 15 is 0 Å². The van der Waals surface area contributed by atoms with Crippen LogP contribution in [0.3, 0.4) is 0 Å². The molecule has 0 aromatic heterocycles. The zero-order valence-electron chi connectivity index (χ0n) is 10.6. The Labute approximate surface area is 102 Å². The summed E-state index contributed by atoms with van der Waals surface area (Å²) in [6, 6.07) is 4.13. The number of carbonyl (C=O) groups is 1. The number of benzene rings is 1. The number of hydrogen-bond donors (Lipinski definition) is 0. The van der Waals surface area contributed by atoms with Crippen molar-refractivity contribution >= 4 is 5.78 Å². The number of rotatable bonds is 2. The second-order valence-electron chi connectivity index (χ2n) is 4.63. The van der Waals surface area contributed by atoms with Crippen LogP contribution in [0.25, 0.3) is 0 Å². The molecule has 1 aromatic rings. The summed E-state index contributed by atoms with van der Waals surface area (Å²) in [5.41, 5.74) is 2.33. The van der Waals surface area contributed by atoms with Gasteiger partial charge in [-0.3, -0.25) is 4.79 Å². The van der Waals surface area contributed by atoms with Gasteiger partial charge in [0.2, 0.25) is 5.78 Å². The summed E-state index contributed by atoms with van der Waals surface area (Å²) < 4.78 is 11.1. The molecule has 0 radical (unpaired) electrons. The Balaban J connectivity index is 2.46. The molecule has 3 nitrogen and oxygen atoms in total. The van der Waals surface area contributed by atoms with Crippen LogP contribution in [-0.4, -0.2) is 19.0 Å². The number of ether oxygens (including phenoxy) is 2. The van der Waals surface area contributed by atoms with Crippen LogP contribution in [0, 0.1) is 0 Å². The first-order chi connectivity index (χ1) is 8.11. The van der Waals surface area contributed by atoms with Gasteiger partial charge in [-0.05, 0) is 29.5 Å². The first-order valence-corrected chi connectivity index (χ1v) is 6.06. The fourth-order valence-corrected chi connectivity index (χ4v) is 1.90. The van der Waals surface area contributed by atoms with Crippen LogP contribution < -0.4 is 9.47 Å². The first kappa shape index (κ1) is 12.0. The monoisotopic (exact) mass is 234 g/mol. The molecule has 0 spiro atoms. The van der Waals surface area contributed by atoms with Crippen LogP contribution in [0.1, 0.15) is 37.8 Å². The predicted octanol–water partition coefficient (Wildman–Crippen LogP) is 2.71. The lowest BCUT2D eigenvalue weighted by atomic mass is 9.98. The SMILES string of the molecule is CCc1cc(C(C)C)cc2c1OCC(=O)CO2. The van der Waals surface area contributed by atoms with Crippen molar-refractivity contribution in [1.82, 2.24) is 0 Å². The lowest BCUT2D eigenvalue weighted by molar-refractivity contribution is -0.122. The van der Waals surface area contributed by atoms with Crippen molar-refractivity contribution in [2.45, 2.75) is 33.1 Å². The number of ketones is 1. The predicted molar refractivity (Wildman–Crippen MR) is 65.9 cm³/mol. The molecule has 0 saturated heterocycles. The van der Waals surface area contributed by atoms with E-state index in [1.54, 1.807) is 0 Å². The molecule has 1 heterocycles. The Morgan fingerprint density at radius 1 is 1.24 bits per heavy atom. The third-order valence-corrected chi connectivity index (χ3v) is 2.97. The second kappa shape index (κ2) is 4.78. The van der Waals surface area contributed by atoms with Crippen molar-refractivity contribution < 1.29 is 14.3 Å². The molecule has 0 bridgehead atoms. The minimum atomic E-state index is -0.0191. The average molecular weight is 234 g/mol. The van der Waals surface area contributed by atoms with Gasteiger partial charge >= 0.3 is 0 Å². The maximum Gasteiger partial charge on any atom is 0.207 e. The molecule has 17 heavy (non-hydrogen) atoms. The van der Waals surface area contributed by atoms with Gasteiger partial charge in [0.1, 0.15) is 0 Å². The molecule has 0 N–H and O–H groups in total. The number of fused-ring (bicyclic) bond motifs is 1. The molecule has 1 aromatic carbocycles. The lowest BCUT2D eigenvalue weighted by Crippen LogP contribution is -2.15. The van der Waals surface area contributed by atoms with Gasteiger partial charge in [-0.2, -0.15) is 0 Å². The molecule has 0 atom stereocenters. The van der Waals surface area contributed by atoms with Gasteiger partial charge in [-0.25, -0.2) is 0 Å². The summed E-state index contributed by atoms with van der Waals surface area (Å²) in [5.74, 6) is 1.86. The molecule has 92 valence electrons. The molecule has 2 rings (SSSR count). The smallest absolute Gasteiger partial charge is 0.207 e. The van der Waals surface area contributed by atoms with E-state index in [1.807, 2.05) is 6.07 Å². The quantitative estimate of drug-likeness (QED) is 0.789. The summed E-state index contributed by atoms with van der Waals surface area (Å²) in [4.78, 5) is 11.3. The van der Waals surface area contributed by atoms with Crippen LogP contribution in [0.4, 0.5) is 0 Å². The molecule has 0 unspecified atom stereocenters. The maximum absolute atomic E-state index is 11.3. The summed E-state index contributed by atoms with van der Waals surface area (Å²) in [7, 11) is 0. The van der Waals surface area contributed by atoms with Crippen LogP contribution in [0.2, 0.25) is 0 Å². The Hall–Kier alpha value is -1.51. The number of aryl methyl sites for hydroxylation is 1. The minimum Gasteiger partial charge on any atom is -0.482 e. The van der Waals surface area contributed by atoms with Gasteiger partial charge in [0.25, 0.3) is 0 Å². The van der Waals surface area contributed by atoms with Gasteiger partial charge < -0.3 is 9.47 Å². The minimum absolute atomic E-state index is 0.0191. The molecule has 1 aliphatic heterocycles. The fraction of sp³-hybridized carbons (Fsp3) is 0.500. The van der Waals surface area contributed by atoms with Gasteiger partial charge in [-0.15, -0.1) is 0 Å². The van der Waals surface area contributed by atoms with E-state index in [0.717, 1.165) is 17.7 Å². The normalized spacial score (nSPS) is 14.9. The Morgan fingerprint density at radius 3 is 2.59 bits per heavy atom. The Bertz CT molecular complexity index is 435. The van der Waals surface area contributed by atoms with E-state index < -0.39 is 0 Å². The molecule has 0 fully saturated rings. The van der Waals surface area contributed by atoms with Gasteiger partial charge in [0, 0.05) is 0 Å². The highest BCUT2D eigenvalue weighted by molar-refractivity contribution is 5.82. The molecule has 3 heteroatoms. The van der Waals surface area contributed by atoms with Crippen molar-refractivity contribution in [2.75, 3.05) is 13.2 Å². The maximum atomic E-state index is 11.3. The van der Waals surface area contributed by atoms with Crippen LogP contribution in [-0.2, 0) is 11.2 Å². The van der Waals surface area contributed by atoms with Gasteiger partial charge in [-0.1, -0.05) is 26.8 Å². The Morgan fingerprint density at radius 2 is 1.94 bits per heavy atom. The zero-order chi connectivity index (χ0) is 12.4. The lowest BCUT2D eigenvalue weighted by Gasteiger charge is -2.15. The van der Waals surface area contributed by atoms with Crippen molar-refractivity contribution in [1.29, 1.82) is 0 Å². The molecular formula is C14H18O3. The average Bonchev–Trinajstić information content (AvgIpc) is 2.50. The zero-order valence-corrected chi connectivity index (χ0v) is 10.6. The topological polar surface area (TPSA) is 35.5 Å². The van der Waals surface area contributed by atoms with Crippen molar-refractivity contribution in [3.63, 3.8) is 0 Å². The number of Topliss-reactive ketones (excluding diaryl/α,β-unsaturated/α-hetero) is 1. The van der Waals surface area contributed by atoms with Crippen LogP contribution in [0.15, 0.2) is 12.1 Å². The highest BCUT2D eigenvalue weighted by atomic mass is 16.5. The van der Waals surface area contributed by atoms with Crippen molar-refractivity contribution in [2.24, 2.45) is 0 Å². The highest BCUT2D eigenvalue weighted by Crippen LogP contribution is 2.36. The van der Waals surface area contributed by atoms with Crippen molar-refractivity contribution in [3.05, 3.63) is 23.3 Å². The van der Waals surface area contributed by atoms with Crippen LogP contribution in [0.5, 0.6) is 11.5 Å². The molecular weight excluding hydrogens is 216 g/mol. The summed E-state index contributed by atoms with van der Waals surface area (Å²) in [6.07, 6.45) is 0.875. The fourth-order valence-electron chi connectivity index (χ4n) is 1.90. The van der Waals surface area contributed by atoms with Gasteiger partial charge in [0.15, 0.2) is 24.7 Å². The standard InChI is InChI=1S/C14H18O3/c1-4-10-5-11(9(2)3)6-13-14(10)17-8-12(15)7-16-13/h5-6,9H,4,7-8H2,1-3H3. The third-order valence-electron chi connectivity index (χ3n) is 2.97. The van der Waals surface area contributed by atoms with E-state index in [0.29, 0.717) is 11.7 Å². The molecule has 0 amide bonds. The molecule has 1 aliphatic rings. The third kappa shape index (κ3) is 2.43. The molecule has 0 aliphatic carbocycles. The largest absolute Gasteiger partial charge is 0.482 e. The number of carbonyl (C=O) groups excluding carboxylic acids is 1. The van der Waals surface area contributed by atoms with E-state index in [-0.39, 0.29) is 19.0 Å².